The molecule has 0 radical (unpaired) electrons. The summed E-state index contributed by atoms with van der Waals surface area (Å²) >= 11 is 0. The first-order valence-corrected chi connectivity index (χ1v) is 9.15. The van der Waals surface area contributed by atoms with Crippen molar-refractivity contribution >= 4 is 16.8 Å². The Kier molecular flexibility index (Phi) is 4.73. The molecule has 0 spiro atoms. The Morgan fingerprint density at radius 1 is 1.11 bits per heavy atom. The zero-order valence-electron chi connectivity index (χ0n) is 15.3. The maximum atomic E-state index is 12.5. The zero-order chi connectivity index (χ0) is 18.8. The summed E-state index contributed by atoms with van der Waals surface area (Å²) in [7, 11) is 0. The van der Waals surface area contributed by atoms with Crippen LogP contribution in [0.5, 0.6) is 0 Å². The molecular weight excluding hydrogens is 340 g/mol. The molecule has 27 heavy (non-hydrogen) atoms. The van der Waals surface area contributed by atoms with Gasteiger partial charge in [0.25, 0.3) is 11.5 Å². The van der Waals surface area contributed by atoms with Gasteiger partial charge in [-0.05, 0) is 36.1 Å². The predicted molar refractivity (Wildman–Crippen MR) is 105 cm³/mol. The van der Waals surface area contributed by atoms with Crippen molar-refractivity contribution in [2.75, 3.05) is 26.2 Å². The Labute approximate surface area is 157 Å². The fourth-order valence-electron chi connectivity index (χ4n) is 3.57. The predicted octanol–water partition coefficient (Wildman–Crippen LogP) is 2.19. The lowest BCUT2D eigenvalue weighted by molar-refractivity contribution is 0.0628. The van der Waals surface area contributed by atoms with E-state index in [9.17, 15) is 9.59 Å². The highest BCUT2D eigenvalue weighted by molar-refractivity contribution is 5.94. The van der Waals surface area contributed by atoms with Crippen LogP contribution >= 0.6 is 0 Å². The van der Waals surface area contributed by atoms with Gasteiger partial charge in [0.2, 0.25) is 0 Å². The van der Waals surface area contributed by atoms with Gasteiger partial charge >= 0.3 is 0 Å². The van der Waals surface area contributed by atoms with E-state index in [2.05, 4.69) is 14.9 Å². The number of hydrogen-bond donors (Lipinski definition) is 1. The molecule has 138 valence electrons. The van der Waals surface area contributed by atoms with E-state index in [1.807, 2.05) is 36.1 Å². The monoisotopic (exact) mass is 362 g/mol. The van der Waals surface area contributed by atoms with Gasteiger partial charge < -0.3 is 9.88 Å². The molecule has 1 amide bonds. The van der Waals surface area contributed by atoms with Crippen LogP contribution in [-0.2, 0) is 6.54 Å². The third-order valence-corrected chi connectivity index (χ3v) is 5.15. The molecule has 0 saturated carbocycles. The molecule has 3 aromatic rings. The molecule has 1 aliphatic heterocycles. The number of fused-ring (bicyclic) bond motifs is 1. The highest BCUT2D eigenvalue weighted by atomic mass is 16.2. The number of benzene rings is 1. The molecule has 6 nitrogen and oxygen atoms in total. The number of pyridine rings is 2. The normalized spacial score (nSPS) is 15.2. The van der Waals surface area contributed by atoms with Crippen molar-refractivity contribution < 1.29 is 4.79 Å². The topological polar surface area (TPSA) is 69.3 Å². The number of rotatable bonds is 3. The Bertz CT molecular complexity index is 1020. The summed E-state index contributed by atoms with van der Waals surface area (Å²) in [5.41, 5.74) is 3.37. The van der Waals surface area contributed by atoms with Crippen LogP contribution in [0.25, 0.3) is 10.9 Å². The van der Waals surface area contributed by atoms with Crippen molar-refractivity contribution in [3.63, 3.8) is 0 Å². The second kappa shape index (κ2) is 7.32. The molecule has 2 aromatic heterocycles. The van der Waals surface area contributed by atoms with Crippen LogP contribution in [0.2, 0.25) is 0 Å². The van der Waals surface area contributed by atoms with Crippen molar-refractivity contribution in [3.8, 4) is 0 Å². The average molecular weight is 362 g/mol. The Hall–Kier alpha value is -2.99. The summed E-state index contributed by atoms with van der Waals surface area (Å²) in [4.78, 5) is 36.0. The summed E-state index contributed by atoms with van der Waals surface area (Å²) in [6, 6.07) is 11.5. The van der Waals surface area contributed by atoms with E-state index in [0.29, 0.717) is 25.2 Å². The van der Waals surface area contributed by atoms with Gasteiger partial charge in [0.15, 0.2) is 0 Å². The molecule has 0 unspecified atom stereocenters. The fraction of sp³-hybridized carbons (Fsp3) is 0.286. The van der Waals surface area contributed by atoms with Crippen LogP contribution < -0.4 is 5.56 Å². The minimum atomic E-state index is -0.0351. The summed E-state index contributed by atoms with van der Waals surface area (Å²) < 4.78 is 0. The molecule has 1 saturated heterocycles. The standard InChI is InChI=1S/C21H22N4O2/c1-15-3-2-4-17-13-18(20(26)23-19(15)17)14-24-9-11-25(12-10-24)21(27)16-5-7-22-8-6-16/h2-8,13H,9-12,14H2,1H3,(H,23,26). The molecule has 6 heteroatoms. The number of nitrogens with one attached hydrogen (secondary N) is 1. The molecule has 1 N–H and O–H groups in total. The zero-order valence-corrected chi connectivity index (χ0v) is 15.3. The van der Waals surface area contributed by atoms with Crippen molar-refractivity contribution in [2.45, 2.75) is 13.5 Å². The SMILES string of the molecule is Cc1cccc2cc(CN3CCN(C(=O)c4ccncc4)CC3)c(=O)[nH]c12. The third kappa shape index (κ3) is 3.61. The van der Waals surface area contributed by atoms with E-state index in [4.69, 9.17) is 0 Å². The van der Waals surface area contributed by atoms with Gasteiger partial charge in [0.05, 0.1) is 5.52 Å². The Morgan fingerprint density at radius 2 is 1.85 bits per heavy atom. The molecule has 4 rings (SSSR count). The molecule has 1 aliphatic rings. The maximum Gasteiger partial charge on any atom is 0.254 e. The van der Waals surface area contributed by atoms with Crippen LogP contribution in [0.4, 0.5) is 0 Å². The molecular formula is C21H22N4O2. The number of amides is 1. The third-order valence-electron chi connectivity index (χ3n) is 5.15. The summed E-state index contributed by atoms with van der Waals surface area (Å²) in [5, 5.41) is 1.05. The van der Waals surface area contributed by atoms with E-state index in [1.54, 1.807) is 24.5 Å². The van der Waals surface area contributed by atoms with Crippen LogP contribution in [0.3, 0.4) is 0 Å². The number of aryl methyl sites for hydroxylation is 1. The first-order valence-electron chi connectivity index (χ1n) is 9.15. The summed E-state index contributed by atoms with van der Waals surface area (Å²) in [5.74, 6) is 0.0380. The van der Waals surface area contributed by atoms with E-state index in [1.165, 1.54) is 0 Å². The van der Waals surface area contributed by atoms with E-state index < -0.39 is 0 Å². The number of hydrogen-bond acceptors (Lipinski definition) is 4. The lowest BCUT2D eigenvalue weighted by Crippen LogP contribution is -2.48. The van der Waals surface area contributed by atoms with Crippen molar-refractivity contribution in [1.29, 1.82) is 0 Å². The highest BCUT2D eigenvalue weighted by Gasteiger charge is 2.22. The van der Waals surface area contributed by atoms with E-state index in [-0.39, 0.29) is 11.5 Å². The number of nitrogens with zero attached hydrogens (tertiary/aromatic N) is 3. The van der Waals surface area contributed by atoms with E-state index >= 15 is 0 Å². The minimum Gasteiger partial charge on any atom is -0.336 e. The number of piperazine rings is 1. The Morgan fingerprint density at radius 3 is 2.59 bits per heavy atom. The number of H-pyrrole nitrogens is 1. The molecule has 0 aliphatic carbocycles. The second-order valence-corrected chi connectivity index (χ2v) is 6.97. The van der Waals surface area contributed by atoms with Gasteiger partial charge in [-0.3, -0.25) is 19.5 Å². The van der Waals surface area contributed by atoms with Gasteiger partial charge in [-0.15, -0.1) is 0 Å². The number of aromatic amines is 1. The van der Waals surface area contributed by atoms with Crippen LogP contribution in [-0.4, -0.2) is 51.9 Å². The van der Waals surface area contributed by atoms with Gasteiger partial charge in [-0.25, -0.2) is 0 Å². The van der Waals surface area contributed by atoms with Gasteiger partial charge in [0.1, 0.15) is 0 Å². The summed E-state index contributed by atoms with van der Waals surface area (Å²) in [6.45, 7) is 5.41. The van der Waals surface area contributed by atoms with E-state index in [0.717, 1.165) is 35.1 Å². The van der Waals surface area contributed by atoms with Crippen LogP contribution in [0.1, 0.15) is 21.5 Å². The Balaban J connectivity index is 1.44. The molecule has 1 fully saturated rings. The molecule has 0 bridgehead atoms. The second-order valence-electron chi connectivity index (χ2n) is 6.97. The minimum absolute atomic E-state index is 0.0351. The average Bonchev–Trinajstić information content (AvgIpc) is 2.70. The number of carbonyl (C=O) groups is 1. The van der Waals surface area contributed by atoms with Crippen LogP contribution in [0.15, 0.2) is 53.6 Å². The quantitative estimate of drug-likeness (QED) is 0.775. The number of carbonyl (C=O) groups excluding carboxylic acids is 1. The van der Waals surface area contributed by atoms with Gasteiger partial charge in [-0.2, -0.15) is 0 Å². The van der Waals surface area contributed by atoms with Crippen molar-refractivity contribution in [2.24, 2.45) is 0 Å². The maximum absolute atomic E-state index is 12.5. The summed E-state index contributed by atoms with van der Waals surface area (Å²) in [6.07, 6.45) is 3.27. The first-order chi connectivity index (χ1) is 13.1. The van der Waals surface area contributed by atoms with Crippen LogP contribution in [0, 0.1) is 6.92 Å². The number of aromatic nitrogens is 2. The lowest BCUT2D eigenvalue weighted by Gasteiger charge is -2.34. The van der Waals surface area contributed by atoms with Crippen molar-refractivity contribution in [3.05, 3.63) is 75.8 Å². The first kappa shape index (κ1) is 17.4. The van der Waals surface area contributed by atoms with Crippen molar-refractivity contribution in [1.82, 2.24) is 19.8 Å². The molecule has 1 aromatic carbocycles. The smallest absolute Gasteiger partial charge is 0.254 e. The highest BCUT2D eigenvalue weighted by Crippen LogP contribution is 2.16. The molecule has 0 atom stereocenters. The number of para-hydroxylation sites is 1. The van der Waals surface area contributed by atoms with Gasteiger partial charge in [-0.1, -0.05) is 18.2 Å². The largest absolute Gasteiger partial charge is 0.336 e. The molecule has 3 heterocycles. The van der Waals surface area contributed by atoms with Gasteiger partial charge in [0, 0.05) is 56.2 Å². The fourth-order valence-corrected chi connectivity index (χ4v) is 3.57. The lowest BCUT2D eigenvalue weighted by atomic mass is 10.1.